The van der Waals surface area contributed by atoms with Gasteiger partial charge in [-0.05, 0) is 6.42 Å². The quantitative estimate of drug-likeness (QED) is 0.616. The van der Waals surface area contributed by atoms with Crippen LogP contribution in [-0.4, -0.2) is 61.0 Å². The van der Waals surface area contributed by atoms with Crippen LogP contribution in [0.15, 0.2) is 0 Å². The van der Waals surface area contributed by atoms with E-state index in [-0.39, 0.29) is 5.91 Å². The highest BCUT2D eigenvalue weighted by molar-refractivity contribution is 5.73. The average molecular weight is 197 g/mol. The summed E-state index contributed by atoms with van der Waals surface area (Å²) < 4.78 is 0. The van der Waals surface area contributed by atoms with Gasteiger partial charge in [0.05, 0.1) is 0 Å². The second-order valence-corrected chi connectivity index (χ2v) is 4.37. The summed E-state index contributed by atoms with van der Waals surface area (Å²) in [6.07, 6.45) is 1.13. The molecule has 0 radical (unpaired) electrons. The fourth-order valence-corrected chi connectivity index (χ4v) is 2.47. The van der Waals surface area contributed by atoms with E-state index < -0.39 is 0 Å². The number of carbonyl (C=O) groups is 1. The molecule has 4 heteroatoms. The molecular formula is C10H19N3O. The number of hydrogen-bond donors (Lipinski definition) is 1. The lowest BCUT2D eigenvalue weighted by Crippen LogP contribution is -2.47. The van der Waals surface area contributed by atoms with Gasteiger partial charge in [0, 0.05) is 52.2 Å². The molecule has 2 unspecified atom stereocenters. The van der Waals surface area contributed by atoms with Crippen LogP contribution in [0.5, 0.6) is 0 Å². The Morgan fingerprint density at radius 2 is 2.36 bits per heavy atom. The van der Waals surface area contributed by atoms with E-state index in [0.29, 0.717) is 12.1 Å². The van der Waals surface area contributed by atoms with Crippen molar-refractivity contribution in [2.75, 3.05) is 33.2 Å². The molecule has 2 rings (SSSR count). The van der Waals surface area contributed by atoms with E-state index in [1.165, 1.54) is 0 Å². The van der Waals surface area contributed by atoms with Crippen LogP contribution in [0.25, 0.3) is 0 Å². The molecule has 0 aromatic heterocycles. The molecule has 2 aliphatic heterocycles. The Labute approximate surface area is 85.2 Å². The second kappa shape index (κ2) is 3.87. The summed E-state index contributed by atoms with van der Waals surface area (Å²) in [4.78, 5) is 15.6. The van der Waals surface area contributed by atoms with Crippen LogP contribution in [-0.2, 0) is 4.79 Å². The van der Waals surface area contributed by atoms with Crippen molar-refractivity contribution < 1.29 is 4.79 Å². The van der Waals surface area contributed by atoms with Crippen molar-refractivity contribution in [1.29, 1.82) is 0 Å². The van der Waals surface area contributed by atoms with Crippen molar-refractivity contribution in [3.05, 3.63) is 0 Å². The zero-order valence-electron chi connectivity index (χ0n) is 8.99. The Bertz CT molecular complexity index is 217. The number of nitrogens with one attached hydrogen (secondary N) is 1. The van der Waals surface area contributed by atoms with E-state index in [0.717, 1.165) is 32.6 Å². The normalized spacial score (nSPS) is 32.7. The van der Waals surface area contributed by atoms with Crippen molar-refractivity contribution in [3.8, 4) is 0 Å². The van der Waals surface area contributed by atoms with Crippen LogP contribution >= 0.6 is 0 Å². The maximum absolute atomic E-state index is 11.2. The number of hydrogen-bond acceptors (Lipinski definition) is 3. The van der Waals surface area contributed by atoms with Crippen LogP contribution in [0.2, 0.25) is 0 Å². The monoisotopic (exact) mass is 197 g/mol. The summed E-state index contributed by atoms with van der Waals surface area (Å²) in [5, 5.41) is 3.40. The molecule has 2 aliphatic rings. The molecule has 0 bridgehead atoms. The number of likely N-dealkylation sites (N-methyl/N-ethyl adjacent to an activating group) is 1. The predicted octanol–water partition coefficient (Wildman–Crippen LogP) is -0.489. The van der Waals surface area contributed by atoms with Gasteiger partial charge in [-0.2, -0.15) is 0 Å². The Morgan fingerprint density at radius 1 is 1.57 bits per heavy atom. The van der Waals surface area contributed by atoms with Crippen molar-refractivity contribution in [2.24, 2.45) is 0 Å². The van der Waals surface area contributed by atoms with Gasteiger partial charge in [-0.1, -0.05) is 0 Å². The molecule has 80 valence electrons. The van der Waals surface area contributed by atoms with Crippen LogP contribution in [0, 0.1) is 0 Å². The molecule has 14 heavy (non-hydrogen) atoms. The number of piperazine rings is 1. The average Bonchev–Trinajstić information content (AvgIpc) is 2.59. The summed E-state index contributed by atoms with van der Waals surface area (Å²) in [5.74, 6) is 0.183. The maximum Gasteiger partial charge on any atom is 0.219 e. The maximum atomic E-state index is 11.2. The molecule has 0 aromatic carbocycles. The third kappa shape index (κ3) is 1.77. The van der Waals surface area contributed by atoms with E-state index in [1.807, 2.05) is 11.9 Å². The third-order valence-corrected chi connectivity index (χ3v) is 3.51. The smallest absolute Gasteiger partial charge is 0.219 e. The van der Waals surface area contributed by atoms with E-state index in [1.54, 1.807) is 6.92 Å². The number of amides is 1. The van der Waals surface area contributed by atoms with Crippen molar-refractivity contribution in [1.82, 2.24) is 15.1 Å². The predicted molar refractivity (Wildman–Crippen MR) is 55.1 cm³/mol. The summed E-state index contributed by atoms with van der Waals surface area (Å²) in [6, 6.07) is 1.08. The lowest BCUT2D eigenvalue weighted by atomic mass is 10.1. The van der Waals surface area contributed by atoms with E-state index in [4.69, 9.17) is 0 Å². The van der Waals surface area contributed by atoms with Crippen LogP contribution in [0.1, 0.15) is 13.3 Å². The first kappa shape index (κ1) is 9.93. The van der Waals surface area contributed by atoms with Crippen molar-refractivity contribution >= 4 is 5.91 Å². The second-order valence-electron chi connectivity index (χ2n) is 4.37. The molecule has 0 aliphatic carbocycles. The summed E-state index contributed by atoms with van der Waals surface area (Å²) in [7, 11) is 1.92. The van der Waals surface area contributed by atoms with Gasteiger partial charge in [-0.3, -0.25) is 9.69 Å². The first-order valence-electron chi connectivity index (χ1n) is 5.36. The van der Waals surface area contributed by atoms with Gasteiger partial charge in [0.1, 0.15) is 0 Å². The minimum absolute atomic E-state index is 0.183. The van der Waals surface area contributed by atoms with E-state index in [2.05, 4.69) is 10.2 Å². The van der Waals surface area contributed by atoms with Gasteiger partial charge in [0.15, 0.2) is 0 Å². The zero-order chi connectivity index (χ0) is 10.1. The van der Waals surface area contributed by atoms with E-state index >= 15 is 0 Å². The van der Waals surface area contributed by atoms with Gasteiger partial charge < -0.3 is 10.2 Å². The Morgan fingerprint density at radius 3 is 3.00 bits per heavy atom. The molecule has 2 atom stereocenters. The fourth-order valence-electron chi connectivity index (χ4n) is 2.47. The fraction of sp³-hybridized carbons (Fsp3) is 0.900. The minimum Gasteiger partial charge on any atom is -0.342 e. The largest absolute Gasteiger partial charge is 0.342 e. The summed E-state index contributed by atoms with van der Waals surface area (Å²) in [6.45, 7) is 6.01. The molecule has 0 spiro atoms. The topological polar surface area (TPSA) is 35.6 Å². The standard InChI is InChI=1S/C10H19N3O/c1-8(14)12(2)10-5-9-6-11-3-4-13(9)7-10/h9-11H,3-7H2,1-2H3. The van der Waals surface area contributed by atoms with Gasteiger partial charge in [0.2, 0.25) is 5.91 Å². The highest BCUT2D eigenvalue weighted by Gasteiger charge is 2.35. The summed E-state index contributed by atoms with van der Waals surface area (Å²) >= 11 is 0. The third-order valence-electron chi connectivity index (χ3n) is 3.51. The molecule has 1 amide bonds. The van der Waals surface area contributed by atoms with Crippen molar-refractivity contribution in [2.45, 2.75) is 25.4 Å². The van der Waals surface area contributed by atoms with Gasteiger partial charge in [0.25, 0.3) is 0 Å². The number of carbonyl (C=O) groups excluding carboxylic acids is 1. The van der Waals surface area contributed by atoms with Crippen molar-refractivity contribution in [3.63, 3.8) is 0 Å². The Kier molecular flexibility index (Phi) is 2.74. The first-order valence-corrected chi connectivity index (χ1v) is 5.36. The minimum atomic E-state index is 0.183. The Hall–Kier alpha value is -0.610. The molecule has 4 nitrogen and oxygen atoms in total. The SMILES string of the molecule is CC(=O)N(C)C1CC2CNCCN2C1. The first-order chi connectivity index (χ1) is 6.68. The van der Waals surface area contributed by atoms with Gasteiger partial charge in [-0.15, -0.1) is 0 Å². The highest BCUT2D eigenvalue weighted by atomic mass is 16.2. The van der Waals surface area contributed by atoms with Gasteiger partial charge >= 0.3 is 0 Å². The van der Waals surface area contributed by atoms with Crippen LogP contribution in [0.4, 0.5) is 0 Å². The number of fused-ring (bicyclic) bond motifs is 1. The summed E-state index contributed by atoms with van der Waals surface area (Å²) in [5.41, 5.74) is 0. The molecule has 0 aromatic rings. The number of rotatable bonds is 1. The molecule has 2 fully saturated rings. The molecule has 2 heterocycles. The molecule has 0 saturated carbocycles. The lowest BCUT2D eigenvalue weighted by Gasteiger charge is -2.29. The van der Waals surface area contributed by atoms with Gasteiger partial charge in [-0.25, -0.2) is 0 Å². The van der Waals surface area contributed by atoms with Crippen LogP contribution in [0.3, 0.4) is 0 Å². The Balaban J connectivity index is 1.95. The molecular weight excluding hydrogens is 178 g/mol. The highest BCUT2D eigenvalue weighted by Crippen LogP contribution is 2.22. The van der Waals surface area contributed by atoms with E-state index in [9.17, 15) is 4.79 Å². The zero-order valence-corrected chi connectivity index (χ0v) is 8.99. The number of nitrogens with zero attached hydrogens (tertiary/aromatic N) is 2. The molecule has 1 N–H and O–H groups in total. The lowest BCUT2D eigenvalue weighted by molar-refractivity contribution is -0.129. The molecule has 2 saturated heterocycles. The van der Waals surface area contributed by atoms with Crippen LogP contribution < -0.4 is 5.32 Å².